The first-order valence-electron chi connectivity index (χ1n) is 9.10. The zero-order valence-corrected chi connectivity index (χ0v) is 14.9. The number of anilines is 2. The molecule has 1 unspecified atom stereocenters. The highest BCUT2D eigenvalue weighted by Gasteiger charge is 2.23. The number of carbonyl (C=O) groups is 2. The average Bonchev–Trinajstić information content (AvgIpc) is 3.29. The molecule has 1 aromatic heterocycles. The molecular weight excluding hydrogens is 330 g/mol. The van der Waals surface area contributed by atoms with E-state index in [0.29, 0.717) is 18.3 Å². The Morgan fingerprint density at radius 2 is 2.19 bits per heavy atom. The SMILES string of the molecule is CC(=O)N1CCc2cc(NC(=O)c3ccn(C4CCCNC4)n3)ccc21. The summed E-state index contributed by atoms with van der Waals surface area (Å²) >= 11 is 0. The summed E-state index contributed by atoms with van der Waals surface area (Å²) in [7, 11) is 0. The summed E-state index contributed by atoms with van der Waals surface area (Å²) in [5.41, 5.74) is 3.16. The number of hydrogen-bond donors (Lipinski definition) is 2. The number of nitrogens with one attached hydrogen (secondary N) is 2. The molecule has 0 radical (unpaired) electrons. The van der Waals surface area contributed by atoms with Gasteiger partial charge < -0.3 is 15.5 Å². The van der Waals surface area contributed by atoms with Crippen molar-refractivity contribution in [3.8, 4) is 0 Å². The lowest BCUT2D eigenvalue weighted by Gasteiger charge is -2.22. The molecule has 4 rings (SSSR count). The van der Waals surface area contributed by atoms with Crippen LogP contribution in [0.1, 0.15) is 41.9 Å². The summed E-state index contributed by atoms with van der Waals surface area (Å²) < 4.78 is 1.88. The van der Waals surface area contributed by atoms with Crippen molar-refractivity contribution in [2.45, 2.75) is 32.2 Å². The van der Waals surface area contributed by atoms with Crippen molar-refractivity contribution in [2.75, 3.05) is 29.9 Å². The maximum atomic E-state index is 12.5. The van der Waals surface area contributed by atoms with E-state index < -0.39 is 0 Å². The molecule has 3 heterocycles. The van der Waals surface area contributed by atoms with Gasteiger partial charge in [-0.3, -0.25) is 14.3 Å². The number of aromatic nitrogens is 2. The van der Waals surface area contributed by atoms with Crippen molar-refractivity contribution in [3.05, 3.63) is 41.7 Å². The van der Waals surface area contributed by atoms with Crippen LogP contribution in [-0.4, -0.2) is 41.2 Å². The minimum absolute atomic E-state index is 0.0447. The Hall–Kier alpha value is -2.67. The van der Waals surface area contributed by atoms with Gasteiger partial charge in [0.05, 0.1) is 6.04 Å². The summed E-state index contributed by atoms with van der Waals surface area (Å²) in [6.45, 7) is 4.20. The van der Waals surface area contributed by atoms with E-state index in [9.17, 15) is 9.59 Å². The standard InChI is InChI=1S/C19H23N5O2/c1-13(25)23-9-6-14-11-15(4-5-18(14)23)21-19(26)17-7-10-24(22-17)16-3-2-8-20-12-16/h4-5,7,10-11,16,20H,2-3,6,8-9,12H2,1H3,(H,21,26). The topological polar surface area (TPSA) is 79.3 Å². The van der Waals surface area contributed by atoms with Crippen molar-refractivity contribution in [1.29, 1.82) is 0 Å². The lowest BCUT2D eigenvalue weighted by Crippen LogP contribution is -2.32. The van der Waals surface area contributed by atoms with Crippen LogP contribution in [0.25, 0.3) is 0 Å². The molecular formula is C19H23N5O2. The van der Waals surface area contributed by atoms with Gasteiger partial charge in [-0.15, -0.1) is 0 Å². The molecule has 1 atom stereocenters. The summed E-state index contributed by atoms with van der Waals surface area (Å²) in [5.74, 6) is -0.169. The Morgan fingerprint density at radius 1 is 1.31 bits per heavy atom. The number of rotatable bonds is 3. The highest BCUT2D eigenvalue weighted by Crippen LogP contribution is 2.30. The fraction of sp³-hybridized carbons (Fsp3) is 0.421. The van der Waals surface area contributed by atoms with E-state index in [1.165, 1.54) is 0 Å². The molecule has 1 aromatic carbocycles. The Balaban J connectivity index is 1.45. The van der Waals surface area contributed by atoms with E-state index >= 15 is 0 Å². The van der Waals surface area contributed by atoms with Gasteiger partial charge in [0.25, 0.3) is 5.91 Å². The molecule has 7 heteroatoms. The molecule has 2 aliphatic rings. The lowest BCUT2D eigenvalue weighted by molar-refractivity contribution is -0.116. The Labute approximate surface area is 152 Å². The maximum absolute atomic E-state index is 12.5. The van der Waals surface area contributed by atoms with Gasteiger partial charge >= 0.3 is 0 Å². The van der Waals surface area contributed by atoms with Gasteiger partial charge in [0.15, 0.2) is 5.69 Å². The number of amides is 2. The van der Waals surface area contributed by atoms with Crippen molar-refractivity contribution < 1.29 is 9.59 Å². The fourth-order valence-corrected chi connectivity index (χ4v) is 3.72. The van der Waals surface area contributed by atoms with Crippen LogP contribution in [0.2, 0.25) is 0 Å². The molecule has 0 saturated carbocycles. The van der Waals surface area contributed by atoms with Crippen LogP contribution < -0.4 is 15.5 Å². The monoisotopic (exact) mass is 353 g/mol. The minimum Gasteiger partial charge on any atom is -0.321 e. The average molecular weight is 353 g/mol. The molecule has 1 saturated heterocycles. The van der Waals surface area contributed by atoms with Crippen LogP contribution in [0.5, 0.6) is 0 Å². The molecule has 2 amide bonds. The first-order valence-corrected chi connectivity index (χ1v) is 9.10. The van der Waals surface area contributed by atoms with Gasteiger partial charge in [0.2, 0.25) is 5.91 Å². The zero-order valence-electron chi connectivity index (χ0n) is 14.9. The van der Waals surface area contributed by atoms with Crippen LogP contribution >= 0.6 is 0 Å². The largest absolute Gasteiger partial charge is 0.321 e. The number of carbonyl (C=O) groups excluding carboxylic acids is 2. The van der Waals surface area contributed by atoms with Crippen LogP contribution in [-0.2, 0) is 11.2 Å². The van der Waals surface area contributed by atoms with Crippen LogP contribution in [0, 0.1) is 0 Å². The third kappa shape index (κ3) is 3.22. The zero-order chi connectivity index (χ0) is 18.1. The molecule has 0 aliphatic carbocycles. The number of benzene rings is 1. The van der Waals surface area contributed by atoms with E-state index in [0.717, 1.165) is 49.3 Å². The molecule has 136 valence electrons. The lowest BCUT2D eigenvalue weighted by atomic mass is 10.1. The Kier molecular flexibility index (Phi) is 4.46. The van der Waals surface area contributed by atoms with E-state index in [4.69, 9.17) is 0 Å². The van der Waals surface area contributed by atoms with Crippen LogP contribution in [0.4, 0.5) is 11.4 Å². The normalized spacial score (nSPS) is 19.3. The number of fused-ring (bicyclic) bond motifs is 1. The second-order valence-corrected chi connectivity index (χ2v) is 6.90. The minimum atomic E-state index is -0.214. The number of hydrogen-bond acceptors (Lipinski definition) is 4. The van der Waals surface area contributed by atoms with Gasteiger partial charge in [0.1, 0.15) is 0 Å². The van der Waals surface area contributed by atoms with E-state index in [1.807, 2.05) is 29.1 Å². The summed E-state index contributed by atoms with van der Waals surface area (Å²) in [6, 6.07) is 7.74. The van der Waals surface area contributed by atoms with Gasteiger partial charge in [-0.2, -0.15) is 5.10 Å². The van der Waals surface area contributed by atoms with E-state index in [-0.39, 0.29) is 11.8 Å². The second kappa shape index (κ2) is 6.92. The Morgan fingerprint density at radius 3 is 2.96 bits per heavy atom. The predicted molar refractivity (Wildman–Crippen MR) is 99.5 cm³/mol. The molecule has 0 bridgehead atoms. The first kappa shape index (κ1) is 16.8. The van der Waals surface area contributed by atoms with Gasteiger partial charge in [-0.1, -0.05) is 0 Å². The van der Waals surface area contributed by atoms with Crippen LogP contribution in [0.3, 0.4) is 0 Å². The Bertz CT molecular complexity index is 838. The van der Waals surface area contributed by atoms with Crippen molar-refractivity contribution in [3.63, 3.8) is 0 Å². The fourth-order valence-electron chi connectivity index (χ4n) is 3.72. The molecule has 1 fully saturated rings. The molecule has 26 heavy (non-hydrogen) atoms. The quantitative estimate of drug-likeness (QED) is 0.884. The number of piperidine rings is 1. The maximum Gasteiger partial charge on any atom is 0.276 e. The van der Waals surface area contributed by atoms with E-state index in [1.54, 1.807) is 17.9 Å². The molecule has 2 aliphatic heterocycles. The van der Waals surface area contributed by atoms with Gasteiger partial charge in [-0.25, -0.2) is 0 Å². The third-order valence-electron chi connectivity index (χ3n) is 5.10. The molecule has 2 N–H and O–H groups in total. The van der Waals surface area contributed by atoms with Gasteiger partial charge in [0, 0.05) is 37.6 Å². The first-order chi connectivity index (χ1) is 12.6. The third-order valence-corrected chi connectivity index (χ3v) is 5.10. The molecule has 2 aromatic rings. The molecule has 7 nitrogen and oxygen atoms in total. The van der Waals surface area contributed by atoms with Crippen molar-refractivity contribution in [1.82, 2.24) is 15.1 Å². The summed E-state index contributed by atoms with van der Waals surface area (Å²) in [6.07, 6.45) is 4.88. The highest BCUT2D eigenvalue weighted by atomic mass is 16.2. The summed E-state index contributed by atoms with van der Waals surface area (Å²) in [5, 5.41) is 10.7. The highest BCUT2D eigenvalue weighted by molar-refractivity contribution is 6.03. The summed E-state index contributed by atoms with van der Waals surface area (Å²) in [4.78, 5) is 25.9. The predicted octanol–water partition coefficient (Wildman–Crippen LogP) is 1.97. The van der Waals surface area contributed by atoms with Gasteiger partial charge in [-0.05, 0) is 55.6 Å². The van der Waals surface area contributed by atoms with E-state index in [2.05, 4.69) is 15.7 Å². The smallest absolute Gasteiger partial charge is 0.276 e. The van der Waals surface area contributed by atoms with Crippen LogP contribution in [0.15, 0.2) is 30.5 Å². The second-order valence-electron chi connectivity index (χ2n) is 6.90. The van der Waals surface area contributed by atoms with Crippen molar-refractivity contribution in [2.24, 2.45) is 0 Å². The van der Waals surface area contributed by atoms with Crippen molar-refractivity contribution >= 4 is 23.2 Å². The number of nitrogens with zero attached hydrogens (tertiary/aromatic N) is 3. The molecule has 0 spiro atoms.